The molecule has 0 bridgehead atoms. The van der Waals surface area contributed by atoms with Crippen molar-refractivity contribution in [3.8, 4) is 17.6 Å². The Morgan fingerprint density at radius 2 is 2.00 bits per heavy atom. The molecule has 0 saturated carbocycles. The molecule has 1 unspecified atom stereocenters. The van der Waals surface area contributed by atoms with Gasteiger partial charge < -0.3 is 9.47 Å². The van der Waals surface area contributed by atoms with Gasteiger partial charge in [0, 0.05) is 17.7 Å². The third-order valence-electron chi connectivity index (χ3n) is 3.13. The largest absolute Gasteiger partial charge is 0.496 e. The molecule has 0 aromatic heterocycles. The first-order valence-electron chi connectivity index (χ1n) is 5.85. The van der Waals surface area contributed by atoms with Crippen LogP contribution in [-0.2, 0) is 6.54 Å². The Hall–Kier alpha value is -1.73. The van der Waals surface area contributed by atoms with Crippen molar-refractivity contribution in [2.75, 3.05) is 21.3 Å². The lowest BCUT2D eigenvalue weighted by Gasteiger charge is -2.21. The van der Waals surface area contributed by atoms with Crippen LogP contribution in [0.1, 0.15) is 18.1 Å². The van der Waals surface area contributed by atoms with Gasteiger partial charge in [-0.2, -0.15) is 5.26 Å². The fourth-order valence-corrected chi connectivity index (χ4v) is 1.86. The van der Waals surface area contributed by atoms with Gasteiger partial charge in [-0.1, -0.05) is 6.07 Å². The zero-order chi connectivity index (χ0) is 13.7. The molecule has 0 aliphatic heterocycles. The molecule has 98 valence electrons. The Kier molecular flexibility index (Phi) is 4.99. The summed E-state index contributed by atoms with van der Waals surface area (Å²) in [4.78, 5) is 1.98. The van der Waals surface area contributed by atoms with Gasteiger partial charge in [-0.3, -0.25) is 4.90 Å². The zero-order valence-corrected chi connectivity index (χ0v) is 11.7. The molecule has 0 radical (unpaired) electrons. The molecule has 0 heterocycles. The fourth-order valence-electron chi connectivity index (χ4n) is 1.86. The molecule has 4 heteroatoms. The van der Waals surface area contributed by atoms with E-state index >= 15 is 0 Å². The van der Waals surface area contributed by atoms with Gasteiger partial charge in [0.1, 0.15) is 11.5 Å². The highest BCUT2D eigenvalue weighted by Gasteiger charge is 2.15. The van der Waals surface area contributed by atoms with Gasteiger partial charge in [0.15, 0.2) is 0 Å². The highest BCUT2D eigenvalue weighted by atomic mass is 16.5. The standard InChI is InChI=1S/C14H20N2O2/c1-10(8-15)16(3)9-12-6-7-13(17-4)11(2)14(12)18-5/h6-7,10H,9H2,1-5H3. The second-order valence-corrected chi connectivity index (χ2v) is 4.31. The summed E-state index contributed by atoms with van der Waals surface area (Å²) in [5.41, 5.74) is 2.04. The van der Waals surface area contributed by atoms with Gasteiger partial charge in [-0.05, 0) is 27.0 Å². The van der Waals surface area contributed by atoms with Crippen LogP contribution in [0, 0.1) is 18.3 Å². The highest BCUT2D eigenvalue weighted by Crippen LogP contribution is 2.31. The Bertz CT molecular complexity index is 452. The van der Waals surface area contributed by atoms with Gasteiger partial charge >= 0.3 is 0 Å². The van der Waals surface area contributed by atoms with Crippen LogP contribution < -0.4 is 9.47 Å². The van der Waals surface area contributed by atoms with E-state index in [2.05, 4.69) is 6.07 Å². The SMILES string of the molecule is COc1ccc(CN(C)C(C)C#N)c(OC)c1C. The highest BCUT2D eigenvalue weighted by molar-refractivity contribution is 5.49. The molecule has 4 nitrogen and oxygen atoms in total. The van der Waals surface area contributed by atoms with Crippen molar-refractivity contribution in [2.45, 2.75) is 26.4 Å². The van der Waals surface area contributed by atoms with Crippen molar-refractivity contribution in [3.05, 3.63) is 23.3 Å². The van der Waals surface area contributed by atoms with Crippen LogP contribution >= 0.6 is 0 Å². The lowest BCUT2D eigenvalue weighted by molar-refractivity contribution is 0.287. The minimum Gasteiger partial charge on any atom is -0.496 e. The summed E-state index contributed by atoms with van der Waals surface area (Å²) in [5.74, 6) is 1.64. The fraction of sp³-hybridized carbons (Fsp3) is 0.500. The Balaban J connectivity index is 3.04. The van der Waals surface area contributed by atoms with Crippen LogP contribution in [0.15, 0.2) is 12.1 Å². The molecule has 0 aliphatic carbocycles. The minimum atomic E-state index is -0.128. The third kappa shape index (κ3) is 2.93. The van der Waals surface area contributed by atoms with E-state index in [0.717, 1.165) is 22.6 Å². The van der Waals surface area contributed by atoms with E-state index in [-0.39, 0.29) is 6.04 Å². The Labute approximate surface area is 109 Å². The van der Waals surface area contributed by atoms with Crippen LogP contribution in [0.25, 0.3) is 0 Å². The monoisotopic (exact) mass is 248 g/mol. The van der Waals surface area contributed by atoms with Gasteiger partial charge in [-0.15, -0.1) is 0 Å². The van der Waals surface area contributed by atoms with Crippen molar-refractivity contribution in [3.63, 3.8) is 0 Å². The van der Waals surface area contributed by atoms with Crippen LogP contribution in [0.3, 0.4) is 0 Å². The van der Waals surface area contributed by atoms with Crippen molar-refractivity contribution >= 4 is 0 Å². The normalized spacial score (nSPS) is 12.1. The summed E-state index contributed by atoms with van der Waals surface area (Å²) in [7, 11) is 5.22. The molecule has 0 saturated heterocycles. The zero-order valence-electron chi connectivity index (χ0n) is 11.7. The molecular formula is C14H20N2O2. The number of benzene rings is 1. The van der Waals surface area contributed by atoms with Crippen LogP contribution in [0.5, 0.6) is 11.5 Å². The van der Waals surface area contributed by atoms with Crippen molar-refractivity contribution < 1.29 is 9.47 Å². The predicted octanol–water partition coefficient (Wildman–Crippen LogP) is 2.36. The lowest BCUT2D eigenvalue weighted by Crippen LogP contribution is -2.27. The van der Waals surface area contributed by atoms with Crippen molar-refractivity contribution in [2.24, 2.45) is 0 Å². The Morgan fingerprint density at radius 1 is 1.33 bits per heavy atom. The topological polar surface area (TPSA) is 45.5 Å². The summed E-state index contributed by atoms with van der Waals surface area (Å²) in [6.45, 7) is 4.51. The molecule has 1 rings (SSSR count). The number of nitrogens with zero attached hydrogens (tertiary/aromatic N) is 2. The average molecular weight is 248 g/mol. The lowest BCUT2D eigenvalue weighted by atomic mass is 10.1. The number of methoxy groups -OCH3 is 2. The molecule has 1 aromatic rings. The van der Waals surface area contributed by atoms with Gasteiger partial charge in [0.2, 0.25) is 0 Å². The third-order valence-corrected chi connectivity index (χ3v) is 3.13. The van der Waals surface area contributed by atoms with Crippen LogP contribution in [0.4, 0.5) is 0 Å². The summed E-state index contributed by atoms with van der Waals surface area (Å²) >= 11 is 0. The number of rotatable bonds is 5. The van der Waals surface area contributed by atoms with Crippen LogP contribution in [0.2, 0.25) is 0 Å². The van der Waals surface area contributed by atoms with E-state index in [4.69, 9.17) is 14.7 Å². The quantitative estimate of drug-likeness (QED) is 0.802. The predicted molar refractivity (Wildman–Crippen MR) is 70.8 cm³/mol. The van der Waals surface area contributed by atoms with E-state index in [9.17, 15) is 0 Å². The molecule has 0 spiro atoms. The molecule has 0 amide bonds. The maximum Gasteiger partial charge on any atom is 0.129 e. The van der Waals surface area contributed by atoms with E-state index < -0.39 is 0 Å². The summed E-state index contributed by atoms with van der Waals surface area (Å²) < 4.78 is 10.7. The molecule has 0 fully saturated rings. The maximum absolute atomic E-state index is 8.90. The number of ether oxygens (including phenoxy) is 2. The first-order chi connectivity index (χ1) is 8.54. The number of hydrogen-bond donors (Lipinski definition) is 0. The van der Waals surface area contributed by atoms with Gasteiger partial charge in [0.25, 0.3) is 0 Å². The van der Waals surface area contributed by atoms with Gasteiger partial charge in [-0.25, -0.2) is 0 Å². The first-order valence-corrected chi connectivity index (χ1v) is 5.85. The molecule has 0 aliphatic rings. The molecule has 0 N–H and O–H groups in total. The summed E-state index contributed by atoms with van der Waals surface area (Å²) in [6, 6.07) is 6.00. The summed E-state index contributed by atoms with van der Waals surface area (Å²) in [5, 5.41) is 8.90. The van der Waals surface area contributed by atoms with Crippen molar-refractivity contribution in [1.82, 2.24) is 4.90 Å². The number of nitriles is 1. The van der Waals surface area contributed by atoms with E-state index in [0.29, 0.717) is 6.54 Å². The average Bonchev–Trinajstić information content (AvgIpc) is 2.38. The van der Waals surface area contributed by atoms with Gasteiger partial charge in [0.05, 0.1) is 26.3 Å². The second-order valence-electron chi connectivity index (χ2n) is 4.31. The molecule has 1 aromatic carbocycles. The van der Waals surface area contributed by atoms with E-state index in [1.54, 1.807) is 14.2 Å². The van der Waals surface area contributed by atoms with Crippen LogP contribution in [-0.4, -0.2) is 32.2 Å². The minimum absolute atomic E-state index is 0.128. The van der Waals surface area contributed by atoms with Crippen molar-refractivity contribution in [1.29, 1.82) is 5.26 Å². The second kappa shape index (κ2) is 6.27. The molecular weight excluding hydrogens is 228 g/mol. The van der Waals surface area contributed by atoms with E-state index in [1.807, 2.05) is 37.9 Å². The molecule has 1 atom stereocenters. The molecule has 18 heavy (non-hydrogen) atoms. The Morgan fingerprint density at radius 3 is 2.50 bits per heavy atom. The first kappa shape index (κ1) is 14.3. The smallest absolute Gasteiger partial charge is 0.129 e. The number of hydrogen-bond acceptors (Lipinski definition) is 4. The summed E-state index contributed by atoms with van der Waals surface area (Å²) in [6.07, 6.45) is 0. The maximum atomic E-state index is 8.90. The van der Waals surface area contributed by atoms with E-state index in [1.165, 1.54) is 0 Å².